The topological polar surface area (TPSA) is 124 Å². The molecule has 0 radical (unpaired) electrons. The number of nitrogens with one attached hydrogen (secondary N) is 2. The molecular weight excluding hydrogens is 436 g/mol. The van der Waals surface area contributed by atoms with Gasteiger partial charge in [0.1, 0.15) is 11.3 Å². The molecule has 0 unspecified atom stereocenters. The molecular formula is C26H25N2O6-. The fourth-order valence-corrected chi connectivity index (χ4v) is 4.00. The van der Waals surface area contributed by atoms with Gasteiger partial charge in [-0.2, -0.15) is 0 Å². The number of aryl methyl sites for hydroxylation is 2. The molecule has 2 aromatic heterocycles. The summed E-state index contributed by atoms with van der Waals surface area (Å²) in [5, 5.41) is 15.9. The van der Waals surface area contributed by atoms with Gasteiger partial charge in [-0.1, -0.05) is 18.2 Å². The number of para-hydroxylation sites is 1. The van der Waals surface area contributed by atoms with E-state index in [1.54, 1.807) is 32.2 Å². The number of hydrogen-bond acceptors (Lipinski definition) is 6. The van der Waals surface area contributed by atoms with E-state index >= 15 is 0 Å². The van der Waals surface area contributed by atoms with E-state index in [-0.39, 0.29) is 6.42 Å². The minimum Gasteiger partial charge on any atom is -0.548 e. The summed E-state index contributed by atoms with van der Waals surface area (Å²) >= 11 is 0. The van der Waals surface area contributed by atoms with Crippen molar-refractivity contribution in [1.29, 1.82) is 0 Å². The SMILES string of the molecule is Cc1c(C)c2ccc(O[C@@H](C)C(=O)N[C@@H](Cc3c[nH]c4ccccc34)C(=O)[O-])c(C)c2oc1=O. The van der Waals surface area contributed by atoms with Crippen molar-refractivity contribution in [3.8, 4) is 5.75 Å². The summed E-state index contributed by atoms with van der Waals surface area (Å²) in [6.07, 6.45) is 0.783. The third kappa shape index (κ3) is 4.26. The fraction of sp³-hybridized carbons (Fsp3) is 0.269. The van der Waals surface area contributed by atoms with Gasteiger partial charge in [-0.15, -0.1) is 0 Å². The van der Waals surface area contributed by atoms with Crippen LogP contribution in [0.15, 0.2) is 51.8 Å². The van der Waals surface area contributed by atoms with Gasteiger partial charge in [0, 0.05) is 40.0 Å². The van der Waals surface area contributed by atoms with Gasteiger partial charge in [0.25, 0.3) is 5.91 Å². The highest BCUT2D eigenvalue weighted by Crippen LogP contribution is 2.30. The number of amides is 1. The fourth-order valence-electron chi connectivity index (χ4n) is 4.00. The Morgan fingerprint density at radius 3 is 2.53 bits per heavy atom. The van der Waals surface area contributed by atoms with E-state index in [0.717, 1.165) is 27.4 Å². The molecule has 4 rings (SSSR count). The predicted molar refractivity (Wildman–Crippen MR) is 126 cm³/mol. The van der Waals surface area contributed by atoms with Gasteiger partial charge in [-0.05, 0) is 57.0 Å². The van der Waals surface area contributed by atoms with E-state index < -0.39 is 29.6 Å². The molecule has 0 aliphatic heterocycles. The van der Waals surface area contributed by atoms with Gasteiger partial charge in [-0.25, -0.2) is 4.79 Å². The summed E-state index contributed by atoms with van der Waals surface area (Å²) in [7, 11) is 0. The minimum absolute atomic E-state index is 0.0591. The standard InChI is InChI=1S/C26H26N2O6/c1-13-14(2)26(32)34-23-15(3)22(10-9-18(13)23)33-16(4)24(29)28-21(25(30)31)11-17-12-27-20-8-6-5-7-19(17)20/h5-10,12,16,21,27H,11H2,1-4H3,(H,28,29)(H,30,31)/p-1/t16-,21-/m0/s1. The maximum atomic E-state index is 12.8. The van der Waals surface area contributed by atoms with Crippen molar-refractivity contribution in [3.05, 3.63) is 75.3 Å². The second-order valence-electron chi connectivity index (χ2n) is 8.41. The maximum absolute atomic E-state index is 12.8. The molecule has 34 heavy (non-hydrogen) atoms. The zero-order valence-corrected chi connectivity index (χ0v) is 19.4. The molecule has 0 spiro atoms. The van der Waals surface area contributed by atoms with Crippen LogP contribution in [-0.2, 0) is 16.0 Å². The molecule has 4 aromatic rings. The molecule has 0 bridgehead atoms. The molecule has 0 fully saturated rings. The quantitative estimate of drug-likeness (QED) is 0.408. The Balaban J connectivity index is 1.52. The van der Waals surface area contributed by atoms with E-state index in [1.807, 2.05) is 31.2 Å². The summed E-state index contributed by atoms with van der Waals surface area (Å²) in [5.41, 5.74) is 3.53. The van der Waals surface area contributed by atoms with E-state index in [2.05, 4.69) is 10.3 Å². The van der Waals surface area contributed by atoms with Crippen molar-refractivity contribution in [1.82, 2.24) is 10.3 Å². The molecule has 0 aliphatic carbocycles. The monoisotopic (exact) mass is 461 g/mol. The van der Waals surface area contributed by atoms with E-state index in [0.29, 0.717) is 22.5 Å². The second kappa shape index (κ2) is 9.05. The van der Waals surface area contributed by atoms with Crippen molar-refractivity contribution >= 4 is 33.7 Å². The van der Waals surface area contributed by atoms with Crippen LogP contribution >= 0.6 is 0 Å². The number of rotatable bonds is 7. The Bertz CT molecular complexity index is 1470. The predicted octanol–water partition coefficient (Wildman–Crippen LogP) is 2.44. The molecule has 1 amide bonds. The number of aromatic nitrogens is 1. The van der Waals surface area contributed by atoms with Crippen molar-refractivity contribution in [3.63, 3.8) is 0 Å². The lowest BCUT2D eigenvalue weighted by atomic mass is 10.0. The minimum atomic E-state index is -1.39. The molecule has 2 aromatic carbocycles. The van der Waals surface area contributed by atoms with Gasteiger partial charge in [0.05, 0.1) is 12.0 Å². The summed E-state index contributed by atoms with van der Waals surface area (Å²) in [4.78, 5) is 39.7. The van der Waals surface area contributed by atoms with Gasteiger partial charge < -0.3 is 29.4 Å². The van der Waals surface area contributed by atoms with Crippen LogP contribution in [0.2, 0.25) is 0 Å². The largest absolute Gasteiger partial charge is 0.548 e. The number of carbonyl (C=O) groups is 2. The molecule has 0 saturated heterocycles. The van der Waals surface area contributed by atoms with Crippen LogP contribution in [0.1, 0.15) is 29.2 Å². The summed E-state index contributed by atoms with van der Waals surface area (Å²) in [5.74, 6) is -1.63. The van der Waals surface area contributed by atoms with Crippen LogP contribution < -0.4 is 20.8 Å². The number of fused-ring (bicyclic) bond motifs is 2. The number of aromatic amines is 1. The molecule has 8 heteroatoms. The lowest BCUT2D eigenvalue weighted by Gasteiger charge is -2.23. The Kier molecular flexibility index (Phi) is 6.15. The smallest absolute Gasteiger partial charge is 0.339 e. The molecule has 2 atom stereocenters. The average Bonchev–Trinajstić information content (AvgIpc) is 3.22. The zero-order valence-electron chi connectivity index (χ0n) is 19.4. The summed E-state index contributed by atoms with van der Waals surface area (Å²) in [6, 6.07) is 9.74. The van der Waals surface area contributed by atoms with E-state index in [9.17, 15) is 19.5 Å². The average molecular weight is 461 g/mol. The normalized spacial score (nSPS) is 13.1. The first-order valence-corrected chi connectivity index (χ1v) is 10.9. The first-order valence-electron chi connectivity index (χ1n) is 10.9. The van der Waals surface area contributed by atoms with Crippen molar-refractivity contribution < 1.29 is 23.8 Å². The number of carboxylic acids is 1. The molecule has 0 aliphatic rings. The van der Waals surface area contributed by atoms with E-state index in [1.165, 1.54) is 6.92 Å². The summed E-state index contributed by atoms with van der Waals surface area (Å²) in [6.45, 7) is 6.81. The molecule has 176 valence electrons. The third-order valence-corrected chi connectivity index (χ3v) is 6.20. The van der Waals surface area contributed by atoms with Gasteiger partial charge >= 0.3 is 5.63 Å². The highest BCUT2D eigenvalue weighted by Gasteiger charge is 2.23. The molecule has 0 saturated carbocycles. The van der Waals surface area contributed by atoms with Crippen LogP contribution in [0.5, 0.6) is 5.75 Å². The van der Waals surface area contributed by atoms with Crippen LogP contribution in [0.4, 0.5) is 0 Å². The van der Waals surface area contributed by atoms with E-state index in [4.69, 9.17) is 9.15 Å². The Morgan fingerprint density at radius 1 is 1.06 bits per heavy atom. The first kappa shape index (κ1) is 23.1. The Labute approximate surface area is 195 Å². The number of carboxylic acid groups (broad SMARTS) is 1. The van der Waals surface area contributed by atoms with Gasteiger partial charge in [0.2, 0.25) is 0 Å². The Morgan fingerprint density at radius 2 is 1.79 bits per heavy atom. The number of H-pyrrole nitrogens is 1. The van der Waals surface area contributed by atoms with Crippen molar-refractivity contribution in [2.24, 2.45) is 0 Å². The molecule has 8 nitrogen and oxygen atoms in total. The van der Waals surface area contributed by atoms with Crippen LogP contribution in [0.25, 0.3) is 21.9 Å². The second-order valence-corrected chi connectivity index (χ2v) is 8.41. The number of aliphatic carboxylic acids is 1. The van der Waals surface area contributed by atoms with Gasteiger partial charge in [0.15, 0.2) is 6.10 Å². The first-order chi connectivity index (χ1) is 16.2. The lowest BCUT2D eigenvalue weighted by Crippen LogP contribution is -2.52. The van der Waals surface area contributed by atoms with Crippen molar-refractivity contribution in [2.75, 3.05) is 0 Å². The van der Waals surface area contributed by atoms with Crippen LogP contribution in [0.3, 0.4) is 0 Å². The molecule has 2 N–H and O–H groups in total. The van der Waals surface area contributed by atoms with Gasteiger partial charge in [-0.3, -0.25) is 4.79 Å². The lowest BCUT2D eigenvalue weighted by molar-refractivity contribution is -0.308. The number of benzene rings is 2. The molecule has 2 heterocycles. The third-order valence-electron chi connectivity index (χ3n) is 6.20. The van der Waals surface area contributed by atoms with Crippen LogP contribution in [-0.4, -0.2) is 29.0 Å². The number of ether oxygens (including phenoxy) is 1. The summed E-state index contributed by atoms with van der Waals surface area (Å²) < 4.78 is 11.3. The van der Waals surface area contributed by atoms with Crippen molar-refractivity contribution in [2.45, 2.75) is 46.3 Å². The highest BCUT2D eigenvalue weighted by molar-refractivity contribution is 5.88. The number of hydrogen-bond donors (Lipinski definition) is 2. The Hall–Kier alpha value is -4.07. The highest BCUT2D eigenvalue weighted by atomic mass is 16.5. The van der Waals surface area contributed by atoms with Crippen LogP contribution in [0, 0.1) is 20.8 Å². The maximum Gasteiger partial charge on any atom is 0.339 e. The number of carbonyl (C=O) groups excluding carboxylic acids is 2. The zero-order chi connectivity index (χ0) is 24.6.